The van der Waals surface area contributed by atoms with Gasteiger partial charge in [-0.2, -0.15) is 0 Å². The number of carbonyl (C=O) groups excluding carboxylic acids is 2. The van der Waals surface area contributed by atoms with Crippen LogP contribution >= 0.6 is 15.9 Å². The van der Waals surface area contributed by atoms with Gasteiger partial charge in [0.2, 0.25) is 0 Å². The summed E-state index contributed by atoms with van der Waals surface area (Å²) in [5.41, 5.74) is 0.618. The first kappa shape index (κ1) is 20.2. The van der Waals surface area contributed by atoms with Crippen molar-refractivity contribution in [1.29, 1.82) is 0 Å². The fourth-order valence-electron chi connectivity index (χ4n) is 3.07. The van der Waals surface area contributed by atoms with Crippen molar-refractivity contribution in [3.63, 3.8) is 0 Å². The molecule has 0 spiro atoms. The van der Waals surface area contributed by atoms with Crippen LogP contribution in [0.2, 0.25) is 0 Å². The van der Waals surface area contributed by atoms with Gasteiger partial charge in [0.25, 0.3) is 11.8 Å². The lowest BCUT2D eigenvalue weighted by Gasteiger charge is -2.36. The van der Waals surface area contributed by atoms with Gasteiger partial charge in [-0.15, -0.1) is 0 Å². The van der Waals surface area contributed by atoms with Crippen molar-refractivity contribution in [3.05, 3.63) is 58.6 Å². The Morgan fingerprint density at radius 2 is 1.43 bits per heavy atom. The fourth-order valence-corrected chi connectivity index (χ4v) is 3.34. The SMILES string of the molecule is COc1ccc(C(=O)N2CCN(C(=O)C(C)Oc3ccc(Br)cc3)CC2)cc1. The Morgan fingerprint density at radius 3 is 2.00 bits per heavy atom. The van der Waals surface area contributed by atoms with Gasteiger partial charge in [0.1, 0.15) is 11.5 Å². The monoisotopic (exact) mass is 446 g/mol. The molecule has 6 nitrogen and oxygen atoms in total. The number of amides is 2. The first-order chi connectivity index (χ1) is 13.5. The summed E-state index contributed by atoms with van der Waals surface area (Å²) in [6.45, 7) is 3.74. The number of halogens is 1. The molecule has 0 aliphatic carbocycles. The maximum absolute atomic E-state index is 12.7. The number of methoxy groups -OCH3 is 1. The Bertz CT molecular complexity index is 815. The minimum Gasteiger partial charge on any atom is -0.497 e. The van der Waals surface area contributed by atoms with Gasteiger partial charge in [0, 0.05) is 36.2 Å². The van der Waals surface area contributed by atoms with Crippen LogP contribution in [-0.2, 0) is 4.79 Å². The first-order valence-electron chi connectivity index (χ1n) is 9.12. The molecular formula is C21H23BrN2O4. The van der Waals surface area contributed by atoms with Crippen molar-refractivity contribution in [2.24, 2.45) is 0 Å². The van der Waals surface area contributed by atoms with Crippen LogP contribution in [0.5, 0.6) is 11.5 Å². The van der Waals surface area contributed by atoms with E-state index in [1.807, 2.05) is 24.3 Å². The average Bonchev–Trinajstić information content (AvgIpc) is 2.74. The van der Waals surface area contributed by atoms with E-state index in [2.05, 4.69) is 15.9 Å². The molecule has 1 saturated heterocycles. The van der Waals surface area contributed by atoms with E-state index in [-0.39, 0.29) is 11.8 Å². The van der Waals surface area contributed by atoms with Crippen LogP contribution in [0.4, 0.5) is 0 Å². The maximum atomic E-state index is 12.7. The Balaban J connectivity index is 1.52. The van der Waals surface area contributed by atoms with E-state index in [0.717, 1.165) is 4.47 Å². The molecule has 0 bridgehead atoms. The predicted octanol–water partition coefficient (Wildman–Crippen LogP) is 3.21. The Hall–Kier alpha value is -2.54. The number of hydrogen-bond donors (Lipinski definition) is 0. The zero-order valence-electron chi connectivity index (χ0n) is 15.9. The molecule has 1 unspecified atom stereocenters. The molecule has 2 aromatic carbocycles. The first-order valence-corrected chi connectivity index (χ1v) is 9.91. The zero-order valence-corrected chi connectivity index (χ0v) is 17.5. The van der Waals surface area contributed by atoms with Crippen molar-refractivity contribution in [1.82, 2.24) is 9.80 Å². The number of rotatable bonds is 5. The van der Waals surface area contributed by atoms with E-state index in [1.165, 1.54) is 0 Å². The Morgan fingerprint density at radius 1 is 0.893 bits per heavy atom. The van der Waals surface area contributed by atoms with Gasteiger partial charge in [-0.05, 0) is 55.5 Å². The molecule has 7 heteroatoms. The van der Waals surface area contributed by atoms with Crippen molar-refractivity contribution in [2.45, 2.75) is 13.0 Å². The van der Waals surface area contributed by atoms with Crippen molar-refractivity contribution in [2.75, 3.05) is 33.3 Å². The molecule has 1 fully saturated rings. The van der Waals surface area contributed by atoms with Crippen molar-refractivity contribution >= 4 is 27.7 Å². The summed E-state index contributed by atoms with van der Waals surface area (Å²) in [5, 5.41) is 0. The molecule has 1 aliphatic heterocycles. The average molecular weight is 447 g/mol. The van der Waals surface area contributed by atoms with E-state index in [0.29, 0.717) is 43.2 Å². The fraction of sp³-hybridized carbons (Fsp3) is 0.333. The van der Waals surface area contributed by atoms with E-state index >= 15 is 0 Å². The summed E-state index contributed by atoms with van der Waals surface area (Å²) >= 11 is 3.38. The van der Waals surface area contributed by atoms with Crippen LogP contribution in [-0.4, -0.2) is 61.0 Å². The van der Waals surface area contributed by atoms with Crippen LogP contribution in [0.25, 0.3) is 0 Å². The molecule has 1 heterocycles. The lowest BCUT2D eigenvalue weighted by molar-refractivity contribution is -0.139. The molecule has 1 atom stereocenters. The lowest BCUT2D eigenvalue weighted by Crippen LogP contribution is -2.53. The second kappa shape index (κ2) is 9.10. The minimum atomic E-state index is -0.579. The molecular weight excluding hydrogens is 424 g/mol. The summed E-state index contributed by atoms with van der Waals surface area (Å²) in [6.07, 6.45) is -0.579. The Labute approximate surface area is 173 Å². The summed E-state index contributed by atoms with van der Waals surface area (Å²) in [4.78, 5) is 28.8. The summed E-state index contributed by atoms with van der Waals surface area (Å²) in [6, 6.07) is 14.4. The standard InChI is InChI=1S/C21H23BrN2O4/c1-15(28-19-9-5-17(22)6-10-19)20(25)23-11-13-24(14-12-23)21(26)16-3-7-18(27-2)8-4-16/h3-10,15H,11-14H2,1-2H3. The molecule has 2 aromatic rings. The summed E-state index contributed by atoms with van der Waals surface area (Å²) in [5.74, 6) is 1.26. The lowest BCUT2D eigenvalue weighted by atomic mass is 10.1. The molecule has 0 aromatic heterocycles. The number of ether oxygens (including phenoxy) is 2. The number of piperazine rings is 1. The second-order valence-corrected chi connectivity index (χ2v) is 7.48. The van der Waals surface area contributed by atoms with Crippen molar-refractivity contribution < 1.29 is 19.1 Å². The van der Waals surface area contributed by atoms with E-state index in [4.69, 9.17) is 9.47 Å². The largest absolute Gasteiger partial charge is 0.497 e. The van der Waals surface area contributed by atoms with E-state index in [1.54, 1.807) is 48.1 Å². The summed E-state index contributed by atoms with van der Waals surface area (Å²) < 4.78 is 11.8. The number of nitrogens with zero attached hydrogens (tertiary/aromatic N) is 2. The second-order valence-electron chi connectivity index (χ2n) is 6.56. The van der Waals surface area contributed by atoms with Crippen LogP contribution in [0, 0.1) is 0 Å². The smallest absolute Gasteiger partial charge is 0.263 e. The van der Waals surface area contributed by atoms with Gasteiger partial charge in [-0.3, -0.25) is 9.59 Å². The third-order valence-corrected chi connectivity index (χ3v) is 5.22. The molecule has 0 N–H and O–H groups in total. The third kappa shape index (κ3) is 4.84. The van der Waals surface area contributed by atoms with Crippen molar-refractivity contribution in [3.8, 4) is 11.5 Å². The minimum absolute atomic E-state index is 0.0334. The molecule has 0 radical (unpaired) electrons. The normalized spacial score (nSPS) is 15.1. The van der Waals surface area contributed by atoms with Crippen LogP contribution in [0.1, 0.15) is 17.3 Å². The third-order valence-electron chi connectivity index (χ3n) is 4.69. The highest BCUT2D eigenvalue weighted by Gasteiger charge is 2.28. The van der Waals surface area contributed by atoms with Crippen LogP contribution in [0.3, 0.4) is 0 Å². The molecule has 2 amide bonds. The Kier molecular flexibility index (Phi) is 6.57. The molecule has 1 aliphatic rings. The van der Waals surface area contributed by atoms with Gasteiger partial charge < -0.3 is 19.3 Å². The number of benzene rings is 2. The molecule has 148 valence electrons. The highest BCUT2D eigenvalue weighted by atomic mass is 79.9. The van der Waals surface area contributed by atoms with Crippen LogP contribution in [0.15, 0.2) is 53.0 Å². The highest BCUT2D eigenvalue weighted by molar-refractivity contribution is 9.10. The van der Waals surface area contributed by atoms with E-state index < -0.39 is 6.10 Å². The number of hydrogen-bond acceptors (Lipinski definition) is 4. The van der Waals surface area contributed by atoms with E-state index in [9.17, 15) is 9.59 Å². The topological polar surface area (TPSA) is 59.1 Å². The predicted molar refractivity (Wildman–Crippen MR) is 110 cm³/mol. The quantitative estimate of drug-likeness (QED) is 0.707. The number of carbonyl (C=O) groups is 2. The van der Waals surface area contributed by atoms with Gasteiger partial charge in [0.15, 0.2) is 6.10 Å². The summed E-state index contributed by atoms with van der Waals surface area (Å²) in [7, 11) is 1.59. The van der Waals surface area contributed by atoms with Gasteiger partial charge in [-0.1, -0.05) is 15.9 Å². The van der Waals surface area contributed by atoms with Gasteiger partial charge >= 0.3 is 0 Å². The molecule has 28 heavy (non-hydrogen) atoms. The maximum Gasteiger partial charge on any atom is 0.263 e. The molecule has 0 saturated carbocycles. The van der Waals surface area contributed by atoms with Crippen LogP contribution < -0.4 is 9.47 Å². The van der Waals surface area contributed by atoms with Gasteiger partial charge in [0.05, 0.1) is 7.11 Å². The zero-order chi connectivity index (χ0) is 20.1. The molecule has 3 rings (SSSR count). The van der Waals surface area contributed by atoms with Gasteiger partial charge in [-0.25, -0.2) is 0 Å². The highest BCUT2D eigenvalue weighted by Crippen LogP contribution is 2.19.